The van der Waals surface area contributed by atoms with Gasteiger partial charge in [0.05, 0.1) is 5.69 Å². The lowest BCUT2D eigenvalue weighted by atomic mass is 10.00. The fourth-order valence-corrected chi connectivity index (χ4v) is 2.32. The highest BCUT2D eigenvalue weighted by Crippen LogP contribution is 2.20. The molecule has 1 aliphatic rings. The van der Waals surface area contributed by atoms with Gasteiger partial charge in [-0.15, -0.1) is 0 Å². The van der Waals surface area contributed by atoms with Crippen LogP contribution in [0.1, 0.15) is 12.8 Å². The highest BCUT2D eigenvalue weighted by molar-refractivity contribution is 9.10. The predicted octanol–water partition coefficient (Wildman–Crippen LogP) is 3.00. The van der Waals surface area contributed by atoms with E-state index in [-0.39, 0.29) is 5.82 Å². The highest BCUT2D eigenvalue weighted by atomic mass is 79.9. The van der Waals surface area contributed by atoms with Gasteiger partial charge in [-0.05, 0) is 50.0 Å². The van der Waals surface area contributed by atoms with Crippen molar-refractivity contribution in [3.8, 4) is 0 Å². The Labute approximate surface area is 104 Å². The zero-order valence-electron chi connectivity index (χ0n) is 9.10. The van der Waals surface area contributed by atoms with Crippen LogP contribution < -0.4 is 10.6 Å². The Kier molecular flexibility index (Phi) is 4.18. The molecule has 0 aromatic heterocycles. The molecule has 88 valence electrons. The summed E-state index contributed by atoms with van der Waals surface area (Å²) in [6.07, 6.45) is 2.44. The molecule has 4 heteroatoms. The van der Waals surface area contributed by atoms with E-state index in [9.17, 15) is 4.39 Å². The largest absolute Gasteiger partial charge is 0.382 e. The molecule has 1 aliphatic heterocycles. The highest BCUT2D eigenvalue weighted by Gasteiger charge is 2.13. The Bertz CT molecular complexity index is 351. The smallest absolute Gasteiger partial charge is 0.147 e. The standard InChI is InChI=1S/C12H16BrFN2/c13-10-3-4-12(11(14)6-10)16-8-9-2-1-5-15-7-9/h3-4,6,9,15-16H,1-2,5,7-8H2. The van der Waals surface area contributed by atoms with Crippen LogP contribution in [0.2, 0.25) is 0 Å². The average molecular weight is 287 g/mol. The normalized spacial score (nSPS) is 20.8. The second-order valence-electron chi connectivity index (χ2n) is 4.22. The zero-order chi connectivity index (χ0) is 11.4. The number of rotatable bonds is 3. The van der Waals surface area contributed by atoms with E-state index in [1.807, 2.05) is 6.07 Å². The van der Waals surface area contributed by atoms with Crippen LogP contribution in [-0.4, -0.2) is 19.6 Å². The van der Waals surface area contributed by atoms with Crippen molar-refractivity contribution >= 4 is 21.6 Å². The van der Waals surface area contributed by atoms with Gasteiger partial charge < -0.3 is 10.6 Å². The lowest BCUT2D eigenvalue weighted by molar-refractivity contribution is 0.392. The third-order valence-electron chi connectivity index (χ3n) is 2.91. The molecule has 1 unspecified atom stereocenters. The minimum Gasteiger partial charge on any atom is -0.382 e. The molecule has 1 fully saturated rings. The van der Waals surface area contributed by atoms with Crippen LogP contribution in [0.3, 0.4) is 0 Å². The summed E-state index contributed by atoms with van der Waals surface area (Å²) in [7, 11) is 0. The SMILES string of the molecule is Fc1cc(Br)ccc1NCC1CCCNC1. The average Bonchev–Trinajstić information content (AvgIpc) is 2.29. The van der Waals surface area contributed by atoms with Crippen LogP contribution in [0.25, 0.3) is 0 Å². The van der Waals surface area contributed by atoms with Gasteiger partial charge in [0.1, 0.15) is 5.82 Å². The first-order valence-electron chi connectivity index (χ1n) is 5.65. The molecule has 0 aliphatic carbocycles. The monoisotopic (exact) mass is 286 g/mol. The Morgan fingerprint density at radius 2 is 2.38 bits per heavy atom. The van der Waals surface area contributed by atoms with Gasteiger partial charge in [0.15, 0.2) is 0 Å². The Morgan fingerprint density at radius 1 is 1.50 bits per heavy atom. The van der Waals surface area contributed by atoms with Gasteiger partial charge in [-0.2, -0.15) is 0 Å². The Balaban J connectivity index is 1.88. The molecule has 0 radical (unpaired) electrons. The number of nitrogens with one attached hydrogen (secondary N) is 2. The first kappa shape index (κ1) is 11.9. The summed E-state index contributed by atoms with van der Waals surface area (Å²) in [5.41, 5.74) is 0.591. The zero-order valence-corrected chi connectivity index (χ0v) is 10.7. The van der Waals surface area contributed by atoms with E-state index in [2.05, 4.69) is 26.6 Å². The number of piperidine rings is 1. The fourth-order valence-electron chi connectivity index (χ4n) is 1.99. The molecule has 0 spiro atoms. The molecule has 16 heavy (non-hydrogen) atoms. The van der Waals surface area contributed by atoms with Crippen LogP contribution in [0.4, 0.5) is 10.1 Å². The van der Waals surface area contributed by atoms with Crippen LogP contribution in [0, 0.1) is 11.7 Å². The molecule has 2 rings (SSSR count). The minimum atomic E-state index is -0.196. The number of anilines is 1. The van der Waals surface area contributed by atoms with E-state index < -0.39 is 0 Å². The second kappa shape index (κ2) is 5.64. The molecule has 2 nitrogen and oxygen atoms in total. The van der Waals surface area contributed by atoms with Crippen molar-refractivity contribution < 1.29 is 4.39 Å². The van der Waals surface area contributed by atoms with Gasteiger partial charge in [-0.3, -0.25) is 0 Å². The van der Waals surface area contributed by atoms with Crippen molar-refractivity contribution in [2.75, 3.05) is 25.0 Å². The third-order valence-corrected chi connectivity index (χ3v) is 3.40. The molecular formula is C12H16BrFN2. The molecule has 1 atom stereocenters. The Morgan fingerprint density at radius 3 is 3.06 bits per heavy atom. The number of hydrogen-bond donors (Lipinski definition) is 2. The topological polar surface area (TPSA) is 24.1 Å². The molecule has 1 saturated heterocycles. The maximum Gasteiger partial charge on any atom is 0.147 e. The van der Waals surface area contributed by atoms with Gasteiger partial charge in [0.2, 0.25) is 0 Å². The van der Waals surface area contributed by atoms with E-state index in [0.29, 0.717) is 11.6 Å². The second-order valence-corrected chi connectivity index (χ2v) is 5.13. The molecule has 1 aromatic rings. The Hall–Kier alpha value is -0.610. The van der Waals surface area contributed by atoms with Crippen LogP contribution in [-0.2, 0) is 0 Å². The van der Waals surface area contributed by atoms with Crippen molar-refractivity contribution in [3.63, 3.8) is 0 Å². The molecule has 2 N–H and O–H groups in total. The first-order chi connectivity index (χ1) is 7.75. The van der Waals surface area contributed by atoms with Crippen LogP contribution in [0.15, 0.2) is 22.7 Å². The minimum absolute atomic E-state index is 0.196. The summed E-state index contributed by atoms with van der Waals surface area (Å²) in [5.74, 6) is 0.412. The van der Waals surface area contributed by atoms with Crippen molar-refractivity contribution in [1.82, 2.24) is 5.32 Å². The summed E-state index contributed by atoms with van der Waals surface area (Å²) in [6, 6.07) is 5.11. The molecular weight excluding hydrogens is 271 g/mol. The van der Waals surface area contributed by atoms with Gasteiger partial charge in [0, 0.05) is 11.0 Å². The summed E-state index contributed by atoms with van der Waals surface area (Å²) in [5, 5.41) is 6.53. The molecule has 0 amide bonds. The quantitative estimate of drug-likeness (QED) is 0.893. The van der Waals surface area contributed by atoms with Gasteiger partial charge in [0.25, 0.3) is 0 Å². The molecule has 1 aromatic carbocycles. The first-order valence-corrected chi connectivity index (χ1v) is 6.44. The fraction of sp³-hybridized carbons (Fsp3) is 0.500. The number of hydrogen-bond acceptors (Lipinski definition) is 2. The van der Waals surface area contributed by atoms with Crippen molar-refractivity contribution in [2.45, 2.75) is 12.8 Å². The van der Waals surface area contributed by atoms with Gasteiger partial charge in [-0.25, -0.2) is 4.39 Å². The number of benzene rings is 1. The van der Waals surface area contributed by atoms with E-state index in [1.165, 1.54) is 18.9 Å². The third kappa shape index (κ3) is 3.19. The summed E-state index contributed by atoms with van der Waals surface area (Å²) < 4.78 is 14.3. The van der Waals surface area contributed by atoms with Crippen LogP contribution >= 0.6 is 15.9 Å². The summed E-state index contributed by atoms with van der Waals surface area (Å²) in [6.45, 7) is 2.99. The van der Waals surface area contributed by atoms with E-state index >= 15 is 0 Å². The lowest BCUT2D eigenvalue weighted by Crippen LogP contribution is -2.33. The summed E-state index contributed by atoms with van der Waals surface area (Å²) >= 11 is 3.25. The lowest BCUT2D eigenvalue weighted by Gasteiger charge is -2.23. The van der Waals surface area contributed by atoms with Crippen molar-refractivity contribution in [3.05, 3.63) is 28.5 Å². The van der Waals surface area contributed by atoms with E-state index in [1.54, 1.807) is 6.07 Å². The van der Waals surface area contributed by atoms with Crippen molar-refractivity contribution in [1.29, 1.82) is 0 Å². The molecule has 0 saturated carbocycles. The molecule has 1 heterocycles. The van der Waals surface area contributed by atoms with Crippen LogP contribution in [0.5, 0.6) is 0 Å². The van der Waals surface area contributed by atoms with Gasteiger partial charge >= 0.3 is 0 Å². The maximum absolute atomic E-state index is 13.5. The number of halogens is 2. The van der Waals surface area contributed by atoms with E-state index in [0.717, 1.165) is 24.1 Å². The predicted molar refractivity (Wildman–Crippen MR) is 68.2 cm³/mol. The van der Waals surface area contributed by atoms with Gasteiger partial charge in [-0.1, -0.05) is 15.9 Å². The maximum atomic E-state index is 13.5. The van der Waals surface area contributed by atoms with E-state index in [4.69, 9.17) is 0 Å². The molecule has 0 bridgehead atoms. The summed E-state index contributed by atoms with van der Waals surface area (Å²) in [4.78, 5) is 0. The van der Waals surface area contributed by atoms with Crippen molar-refractivity contribution in [2.24, 2.45) is 5.92 Å².